The summed E-state index contributed by atoms with van der Waals surface area (Å²) in [6.45, 7) is 2.46. The van der Waals surface area contributed by atoms with Crippen molar-refractivity contribution in [2.24, 2.45) is 0 Å². The summed E-state index contributed by atoms with van der Waals surface area (Å²) < 4.78 is 5.13. The molecule has 0 spiro atoms. The standard InChI is InChI=1S/C12H17NO3/c1-9(13-7-6-12(14)15)10-4-3-5-11(8-10)16-2/h3-5,8-9,13H,6-7H2,1-2H3,(H,14,15). The topological polar surface area (TPSA) is 58.6 Å². The molecule has 0 amide bonds. The van der Waals surface area contributed by atoms with E-state index in [1.807, 2.05) is 31.2 Å². The molecule has 0 aliphatic heterocycles. The molecule has 0 fully saturated rings. The van der Waals surface area contributed by atoms with E-state index in [9.17, 15) is 4.79 Å². The molecular weight excluding hydrogens is 206 g/mol. The van der Waals surface area contributed by atoms with E-state index in [-0.39, 0.29) is 12.5 Å². The number of nitrogens with one attached hydrogen (secondary N) is 1. The maximum absolute atomic E-state index is 10.4. The van der Waals surface area contributed by atoms with Gasteiger partial charge < -0.3 is 15.2 Å². The molecule has 4 nitrogen and oxygen atoms in total. The number of carboxylic acid groups (broad SMARTS) is 1. The summed E-state index contributed by atoms with van der Waals surface area (Å²) in [6, 6.07) is 7.85. The molecule has 1 aromatic rings. The molecule has 0 radical (unpaired) electrons. The Morgan fingerprint density at radius 3 is 2.94 bits per heavy atom. The van der Waals surface area contributed by atoms with Gasteiger partial charge in [-0.05, 0) is 24.6 Å². The number of carbonyl (C=O) groups is 1. The molecule has 0 heterocycles. The molecule has 2 N–H and O–H groups in total. The lowest BCUT2D eigenvalue weighted by atomic mass is 10.1. The van der Waals surface area contributed by atoms with E-state index in [1.165, 1.54) is 0 Å². The third kappa shape index (κ3) is 3.90. The fourth-order valence-electron chi connectivity index (χ4n) is 1.42. The monoisotopic (exact) mass is 223 g/mol. The molecule has 0 saturated carbocycles. The van der Waals surface area contributed by atoms with Crippen LogP contribution < -0.4 is 10.1 Å². The predicted octanol–water partition coefficient (Wildman–Crippen LogP) is 1.82. The SMILES string of the molecule is COc1cccc(C(C)NCCC(=O)O)c1. The quantitative estimate of drug-likeness (QED) is 0.772. The van der Waals surface area contributed by atoms with E-state index >= 15 is 0 Å². The lowest BCUT2D eigenvalue weighted by Crippen LogP contribution is -2.21. The summed E-state index contributed by atoms with van der Waals surface area (Å²) in [7, 11) is 1.63. The highest BCUT2D eigenvalue weighted by atomic mass is 16.5. The van der Waals surface area contributed by atoms with Gasteiger partial charge in [0.05, 0.1) is 13.5 Å². The van der Waals surface area contributed by atoms with Crippen molar-refractivity contribution in [3.05, 3.63) is 29.8 Å². The van der Waals surface area contributed by atoms with Gasteiger partial charge in [0.2, 0.25) is 0 Å². The Morgan fingerprint density at radius 2 is 2.31 bits per heavy atom. The van der Waals surface area contributed by atoms with Gasteiger partial charge in [0.1, 0.15) is 5.75 Å². The Hall–Kier alpha value is -1.55. The molecule has 1 rings (SSSR count). The number of aliphatic carboxylic acids is 1. The van der Waals surface area contributed by atoms with Crippen LogP contribution in [0.4, 0.5) is 0 Å². The van der Waals surface area contributed by atoms with Crippen molar-refractivity contribution < 1.29 is 14.6 Å². The molecule has 4 heteroatoms. The zero-order valence-electron chi connectivity index (χ0n) is 9.56. The van der Waals surface area contributed by atoms with Crippen LogP contribution in [0.25, 0.3) is 0 Å². The highest BCUT2D eigenvalue weighted by Gasteiger charge is 2.06. The molecule has 16 heavy (non-hydrogen) atoms. The first-order valence-corrected chi connectivity index (χ1v) is 5.22. The van der Waals surface area contributed by atoms with Gasteiger partial charge in [0.15, 0.2) is 0 Å². The summed E-state index contributed by atoms with van der Waals surface area (Å²) in [5.74, 6) is 0.0229. The van der Waals surface area contributed by atoms with Crippen molar-refractivity contribution in [3.8, 4) is 5.75 Å². The molecule has 1 unspecified atom stereocenters. The Kier molecular flexibility index (Phi) is 4.79. The molecule has 0 aliphatic rings. The van der Waals surface area contributed by atoms with Crippen molar-refractivity contribution in [2.75, 3.05) is 13.7 Å². The van der Waals surface area contributed by atoms with Gasteiger partial charge in [-0.3, -0.25) is 4.79 Å². The fourth-order valence-corrected chi connectivity index (χ4v) is 1.42. The van der Waals surface area contributed by atoms with Crippen molar-refractivity contribution >= 4 is 5.97 Å². The van der Waals surface area contributed by atoms with E-state index in [0.29, 0.717) is 6.54 Å². The minimum atomic E-state index is -0.787. The van der Waals surface area contributed by atoms with Crippen LogP contribution in [-0.2, 0) is 4.79 Å². The zero-order valence-corrected chi connectivity index (χ0v) is 9.56. The molecule has 0 aromatic heterocycles. The maximum Gasteiger partial charge on any atom is 0.304 e. The second kappa shape index (κ2) is 6.12. The second-order valence-corrected chi connectivity index (χ2v) is 3.60. The van der Waals surface area contributed by atoms with Crippen LogP contribution in [-0.4, -0.2) is 24.7 Å². The smallest absolute Gasteiger partial charge is 0.304 e. The van der Waals surface area contributed by atoms with Crippen molar-refractivity contribution in [2.45, 2.75) is 19.4 Å². The lowest BCUT2D eigenvalue weighted by Gasteiger charge is -2.14. The third-order valence-corrected chi connectivity index (χ3v) is 2.38. The highest BCUT2D eigenvalue weighted by molar-refractivity contribution is 5.66. The van der Waals surface area contributed by atoms with Crippen molar-refractivity contribution in [1.82, 2.24) is 5.32 Å². The molecule has 1 atom stereocenters. The summed E-state index contributed by atoms with van der Waals surface area (Å²) in [5, 5.41) is 11.7. The fraction of sp³-hybridized carbons (Fsp3) is 0.417. The highest BCUT2D eigenvalue weighted by Crippen LogP contribution is 2.18. The normalized spacial score (nSPS) is 12.1. The average Bonchev–Trinajstić information content (AvgIpc) is 2.28. The molecule has 0 aliphatic carbocycles. The number of rotatable bonds is 6. The Morgan fingerprint density at radius 1 is 1.56 bits per heavy atom. The Labute approximate surface area is 95.2 Å². The molecule has 88 valence electrons. The largest absolute Gasteiger partial charge is 0.497 e. The first kappa shape index (κ1) is 12.5. The van der Waals surface area contributed by atoms with Crippen LogP contribution in [0.3, 0.4) is 0 Å². The first-order chi connectivity index (χ1) is 7.63. The van der Waals surface area contributed by atoms with Gasteiger partial charge in [-0.15, -0.1) is 0 Å². The summed E-state index contributed by atoms with van der Waals surface area (Å²) in [4.78, 5) is 10.4. The van der Waals surface area contributed by atoms with Crippen LogP contribution in [0.5, 0.6) is 5.75 Å². The lowest BCUT2D eigenvalue weighted by molar-refractivity contribution is -0.136. The van der Waals surface area contributed by atoms with E-state index < -0.39 is 5.97 Å². The summed E-state index contributed by atoms with van der Waals surface area (Å²) in [5.41, 5.74) is 1.09. The van der Waals surface area contributed by atoms with Gasteiger partial charge in [-0.2, -0.15) is 0 Å². The summed E-state index contributed by atoms with van der Waals surface area (Å²) in [6.07, 6.45) is 0.133. The van der Waals surface area contributed by atoms with E-state index in [0.717, 1.165) is 11.3 Å². The Bertz CT molecular complexity index is 352. The van der Waals surface area contributed by atoms with E-state index in [2.05, 4.69) is 5.32 Å². The summed E-state index contributed by atoms with van der Waals surface area (Å²) >= 11 is 0. The molecular formula is C12H17NO3. The first-order valence-electron chi connectivity index (χ1n) is 5.22. The maximum atomic E-state index is 10.4. The second-order valence-electron chi connectivity index (χ2n) is 3.60. The number of ether oxygens (including phenoxy) is 1. The van der Waals surface area contributed by atoms with Crippen molar-refractivity contribution in [3.63, 3.8) is 0 Å². The van der Waals surface area contributed by atoms with E-state index in [1.54, 1.807) is 7.11 Å². The van der Waals surface area contributed by atoms with Gasteiger partial charge in [-0.25, -0.2) is 0 Å². The minimum Gasteiger partial charge on any atom is -0.497 e. The number of hydrogen-bond donors (Lipinski definition) is 2. The van der Waals surface area contributed by atoms with Gasteiger partial charge in [0.25, 0.3) is 0 Å². The van der Waals surface area contributed by atoms with Crippen LogP contribution in [0.1, 0.15) is 24.9 Å². The average molecular weight is 223 g/mol. The molecule has 1 aromatic carbocycles. The predicted molar refractivity (Wildman–Crippen MR) is 61.7 cm³/mol. The van der Waals surface area contributed by atoms with Gasteiger partial charge in [0, 0.05) is 12.6 Å². The number of carboxylic acids is 1. The minimum absolute atomic E-state index is 0.120. The third-order valence-electron chi connectivity index (χ3n) is 2.38. The van der Waals surface area contributed by atoms with Crippen LogP contribution >= 0.6 is 0 Å². The molecule has 0 bridgehead atoms. The van der Waals surface area contributed by atoms with Gasteiger partial charge in [-0.1, -0.05) is 12.1 Å². The number of benzene rings is 1. The van der Waals surface area contributed by atoms with Crippen LogP contribution in [0.15, 0.2) is 24.3 Å². The van der Waals surface area contributed by atoms with Crippen LogP contribution in [0.2, 0.25) is 0 Å². The van der Waals surface area contributed by atoms with Gasteiger partial charge >= 0.3 is 5.97 Å². The number of hydrogen-bond acceptors (Lipinski definition) is 3. The number of methoxy groups -OCH3 is 1. The van der Waals surface area contributed by atoms with Crippen LogP contribution in [0, 0.1) is 0 Å². The Balaban J connectivity index is 2.51. The van der Waals surface area contributed by atoms with Crippen molar-refractivity contribution in [1.29, 1.82) is 0 Å². The zero-order chi connectivity index (χ0) is 12.0. The molecule has 0 saturated heterocycles. The van der Waals surface area contributed by atoms with E-state index in [4.69, 9.17) is 9.84 Å².